The molecule has 0 atom stereocenters. The lowest BCUT2D eigenvalue weighted by atomic mass is 10.0. The SMILES string of the molecule is CC1=C(C2CC2)C(C(F)(F)F)=N[N]1. The minimum atomic E-state index is -4.35. The summed E-state index contributed by atoms with van der Waals surface area (Å²) in [6, 6.07) is 0. The van der Waals surface area contributed by atoms with Gasteiger partial charge in [0.25, 0.3) is 0 Å². The Morgan fingerprint density at radius 2 is 1.92 bits per heavy atom. The number of allylic oxidation sites excluding steroid dienone is 2. The standard InChI is InChI=1S/C8H8F3N2/c1-4-6(5-2-3-5)7(13-12-4)8(9,10)11/h5H,2-3H2,1H3. The zero-order valence-electron chi connectivity index (χ0n) is 7.02. The van der Waals surface area contributed by atoms with E-state index in [-0.39, 0.29) is 5.92 Å². The van der Waals surface area contributed by atoms with E-state index >= 15 is 0 Å². The summed E-state index contributed by atoms with van der Waals surface area (Å²) >= 11 is 0. The average molecular weight is 189 g/mol. The second kappa shape index (κ2) is 2.49. The predicted octanol–water partition coefficient (Wildman–Crippen LogP) is 2.21. The molecule has 0 spiro atoms. The molecule has 1 aliphatic heterocycles. The number of alkyl halides is 3. The number of hydrogen-bond acceptors (Lipinski definition) is 1. The van der Waals surface area contributed by atoms with Crippen molar-refractivity contribution in [2.45, 2.75) is 25.9 Å². The average Bonchev–Trinajstić information content (AvgIpc) is 2.73. The van der Waals surface area contributed by atoms with Crippen molar-refractivity contribution in [1.29, 1.82) is 0 Å². The van der Waals surface area contributed by atoms with E-state index in [0.29, 0.717) is 11.3 Å². The normalized spacial score (nSPS) is 23.2. The highest BCUT2D eigenvalue weighted by atomic mass is 19.4. The molecule has 0 saturated heterocycles. The Hall–Kier alpha value is -1.00. The number of halogens is 3. The molecule has 5 heteroatoms. The molecule has 0 bridgehead atoms. The molecule has 2 nitrogen and oxygen atoms in total. The minimum Gasteiger partial charge on any atom is -0.164 e. The van der Waals surface area contributed by atoms with E-state index in [2.05, 4.69) is 10.5 Å². The van der Waals surface area contributed by atoms with Crippen molar-refractivity contribution in [2.24, 2.45) is 11.0 Å². The Morgan fingerprint density at radius 1 is 1.31 bits per heavy atom. The molecule has 1 fully saturated rings. The van der Waals surface area contributed by atoms with Crippen LogP contribution in [0.15, 0.2) is 16.4 Å². The zero-order valence-corrected chi connectivity index (χ0v) is 7.02. The lowest BCUT2D eigenvalue weighted by Gasteiger charge is -2.08. The summed E-state index contributed by atoms with van der Waals surface area (Å²) in [6.45, 7) is 1.58. The Bertz CT molecular complexity index is 297. The van der Waals surface area contributed by atoms with Gasteiger partial charge in [-0.2, -0.15) is 18.6 Å². The third kappa shape index (κ3) is 1.43. The Labute approximate surface area is 73.5 Å². The predicted molar refractivity (Wildman–Crippen MR) is 41.0 cm³/mol. The summed E-state index contributed by atoms with van der Waals surface area (Å²) in [5.41, 5.74) is 3.43. The van der Waals surface area contributed by atoms with Gasteiger partial charge in [0.15, 0.2) is 5.71 Å². The Balaban J connectivity index is 2.30. The van der Waals surface area contributed by atoms with Crippen molar-refractivity contribution in [1.82, 2.24) is 5.43 Å². The van der Waals surface area contributed by atoms with E-state index in [0.717, 1.165) is 12.8 Å². The maximum absolute atomic E-state index is 12.3. The molecule has 0 aromatic rings. The van der Waals surface area contributed by atoms with Crippen LogP contribution in [0.2, 0.25) is 0 Å². The highest BCUT2D eigenvalue weighted by molar-refractivity contribution is 6.06. The van der Waals surface area contributed by atoms with Crippen molar-refractivity contribution in [3.05, 3.63) is 11.3 Å². The van der Waals surface area contributed by atoms with Gasteiger partial charge in [0.1, 0.15) is 0 Å². The molecule has 0 amide bonds. The van der Waals surface area contributed by atoms with Gasteiger partial charge in [0.05, 0.1) is 5.70 Å². The molecule has 1 radical (unpaired) electrons. The van der Waals surface area contributed by atoms with Crippen LogP contribution in [-0.4, -0.2) is 11.9 Å². The van der Waals surface area contributed by atoms with E-state index in [4.69, 9.17) is 0 Å². The molecule has 1 aliphatic carbocycles. The molecular weight excluding hydrogens is 181 g/mol. The largest absolute Gasteiger partial charge is 0.435 e. The molecule has 0 aromatic carbocycles. The molecule has 2 rings (SSSR count). The number of rotatable bonds is 1. The lowest BCUT2D eigenvalue weighted by Crippen LogP contribution is -2.24. The molecule has 71 valence electrons. The van der Waals surface area contributed by atoms with E-state index < -0.39 is 11.9 Å². The summed E-state index contributed by atoms with van der Waals surface area (Å²) in [6.07, 6.45) is -2.69. The second-order valence-electron chi connectivity index (χ2n) is 3.32. The van der Waals surface area contributed by atoms with Gasteiger partial charge in [-0.15, -0.1) is 5.10 Å². The van der Waals surface area contributed by atoms with Gasteiger partial charge in [-0.1, -0.05) is 0 Å². The van der Waals surface area contributed by atoms with Gasteiger partial charge in [0.2, 0.25) is 0 Å². The second-order valence-corrected chi connectivity index (χ2v) is 3.32. The van der Waals surface area contributed by atoms with Crippen LogP contribution in [0.4, 0.5) is 13.2 Å². The highest BCUT2D eigenvalue weighted by Gasteiger charge is 2.46. The van der Waals surface area contributed by atoms with Gasteiger partial charge < -0.3 is 0 Å². The van der Waals surface area contributed by atoms with Crippen molar-refractivity contribution >= 4 is 5.71 Å². The van der Waals surface area contributed by atoms with Gasteiger partial charge in [-0.05, 0) is 25.7 Å². The molecule has 0 unspecified atom stereocenters. The summed E-state index contributed by atoms with van der Waals surface area (Å²) in [5.74, 6) is 0.0478. The molecule has 1 heterocycles. The monoisotopic (exact) mass is 189 g/mol. The van der Waals surface area contributed by atoms with Crippen LogP contribution in [0, 0.1) is 5.92 Å². The zero-order chi connectivity index (χ0) is 9.64. The van der Waals surface area contributed by atoms with Crippen LogP contribution < -0.4 is 5.43 Å². The summed E-state index contributed by atoms with van der Waals surface area (Å²) in [5, 5.41) is 3.17. The van der Waals surface area contributed by atoms with Crippen LogP contribution >= 0.6 is 0 Å². The van der Waals surface area contributed by atoms with E-state index in [1.165, 1.54) is 0 Å². The maximum Gasteiger partial charge on any atom is 0.435 e. The molecule has 1 saturated carbocycles. The van der Waals surface area contributed by atoms with Crippen molar-refractivity contribution < 1.29 is 13.2 Å². The van der Waals surface area contributed by atoms with Crippen LogP contribution in [0.5, 0.6) is 0 Å². The molecular formula is C8H8F3N2. The molecule has 2 aliphatic rings. The Kier molecular flexibility index (Phi) is 1.65. The van der Waals surface area contributed by atoms with Gasteiger partial charge in [-0.25, -0.2) is 0 Å². The first kappa shape index (κ1) is 8.59. The quantitative estimate of drug-likeness (QED) is 0.604. The fourth-order valence-electron chi connectivity index (χ4n) is 1.47. The highest BCUT2D eigenvalue weighted by Crippen LogP contribution is 2.43. The van der Waals surface area contributed by atoms with E-state index in [1.54, 1.807) is 6.92 Å². The molecule has 0 aromatic heterocycles. The lowest BCUT2D eigenvalue weighted by molar-refractivity contribution is -0.0584. The first-order valence-corrected chi connectivity index (χ1v) is 4.07. The smallest absolute Gasteiger partial charge is 0.164 e. The number of nitrogens with zero attached hydrogens (tertiary/aromatic N) is 2. The van der Waals surface area contributed by atoms with E-state index in [1.807, 2.05) is 0 Å². The Morgan fingerprint density at radius 3 is 2.38 bits per heavy atom. The van der Waals surface area contributed by atoms with Gasteiger partial charge in [0, 0.05) is 5.57 Å². The fraction of sp³-hybridized carbons (Fsp3) is 0.625. The summed E-state index contributed by atoms with van der Waals surface area (Å²) in [4.78, 5) is 0. The summed E-state index contributed by atoms with van der Waals surface area (Å²) < 4.78 is 37.0. The van der Waals surface area contributed by atoms with Crippen molar-refractivity contribution in [2.75, 3.05) is 0 Å². The minimum absolute atomic E-state index is 0.0478. The molecule has 13 heavy (non-hydrogen) atoms. The van der Waals surface area contributed by atoms with Crippen molar-refractivity contribution in [3.63, 3.8) is 0 Å². The maximum atomic E-state index is 12.3. The fourth-order valence-corrected chi connectivity index (χ4v) is 1.47. The molecule has 0 N–H and O–H groups in total. The van der Waals surface area contributed by atoms with Crippen LogP contribution in [-0.2, 0) is 0 Å². The first-order valence-electron chi connectivity index (χ1n) is 4.07. The third-order valence-corrected chi connectivity index (χ3v) is 2.20. The first-order chi connectivity index (χ1) is 6.00. The topological polar surface area (TPSA) is 26.5 Å². The van der Waals surface area contributed by atoms with E-state index in [9.17, 15) is 13.2 Å². The van der Waals surface area contributed by atoms with Gasteiger partial charge in [-0.3, -0.25) is 0 Å². The number of hydrogen-bond donors (Lipinski definition) is 0. The van der Waals surface area contributed by atoms with Crippen LogP contribution in [0.3, 0.4) is 0 Å². The van der Waals surface area contributed by atoms with Crippen LogP contribution in [0.25, 0.3) is 0 Å². The van der Waals surface area contributed by atoms with Crippen LogP contribution in [0.1, 0.15) is 19.8 Å². The summed E-state index contributed by atoms with van der Waals surface area (Å²) in [7, 11) is 0. The third-order valence-electron chi connectivity index (χ3n) is 2.20. The van der Waals surface area contributed by atoms with Crippen molar-refractivity contribution in [3.8, 4) is 0 Å². The van der Waals surface area contributed by atoms with Gasteiger partial charge >= 0.3 is 6.18 Å².